The van der Waals surface area contributed by atoms with Crippen molar-refractivity contribution in [2.24, 2.45) is 0 Å². The molecule has 2 rings (SSSR count). The highest BCUT2D eigenvalue weighted by atomic mass is 16.5. The van der Waals surface area contributed by atoms with Crippen LogP contribution in [0.3, 0.4) is 0 Å². The lowest BCUT2D eigenvalue weighted by Gasteiger charge is -2.32. The molecule has 2 heterocycles. The Labute approximate surface area is 100 Å². The number of hydrogen-bond donors (Lipinski definition) is 2. The maximum Gasteiger partial charge on any atom is 0.378 e. The third kappa shape index (κ3) is 2.46. The smallest absolute Gasteiger partial charge is 0.378 e. The molecular formula is C11H18N4O2. The minimum absolute atomic E-state index is 0.107. The summed E-state index contributed by atoms with van der Waals surface area (Å²) in [4.78, 5) is 15.7. The second-order valence-electron chi connectivity index (χ2n) is 4.44. The van der Waals surface area contributed by atoms with Gasteiger partial charge in [-0.3, -0.25) is 5.10 Å². The van der Waals surface area contributed by atoms with Crippen molar-refractivity contribution in [2.45, 2.75) is 38.6 Å². The number of hydrogen-bond acceptors (Lipinski definition) is 5. The third-order valence-corrected chi connectivity index (χ3v) is 3.08. The summed E-state index contributed by atoms with van der Waals surface area (Å²) < 4.78 is 4.86. The minimum atomic E-state index is -0.477. The van der Waals surface area contributed by atoms with Crippen LogP contribution in [0.15, 0.2) is 0 Å². The van der Waals surface area contributed by atoms with E-state index in [1.807, 2.05) is 0 Å². The second-order valence-corrected chi connectivity index (χ2v) is 4.44. The number of carbonyl (C=O) groups is 1. The van der Waals surface area contributed by atoms with Gasteiger partial charge in [-0.1, -0.05) is 0 Å². The van der Waals surface area contributed by atoms with E-state index in [2.05, 4.69) is 27.4 Å². The van der Waals surface area contributed by atoms with Gasteiger partial charge in [0.1, 0.15) is 5.82 Å². The second kappa shape index (κ2) is 4.83. The predicted octanol–water partition coefficient (Wildman–Crippen LogP) is 0.970. The van der Waals surface area contributed by atoms with Crippen LogP contribution in [0, 0.1) is 0 Å². The number of carbonyl (C=O) groups excluding carboxylic acids is 1. The average molecular weight is 238 g/mol. The summed E-state index contributed by atoms with van der Waals surface area (Å²) in [6, 6.07) is 0. The molecule has 0 radical (unpaired) electrons. The van der Waals surface area contributed by atoms with Crippen LogP contribution in [0.5, 0.6) is 0 Å². The maximum atomic E-state index is 11.5. The predicted molar refractivity (Wildman–Crippen MR) is 61.5 cm³/mol. The first-order valence-corrected chi connectivity index (χ1v) is 6.01. The number of esters is 1. The van der Waals surface area contributed by atoms with E-state index in [1.54, 1.807) is 6.92 Å². The molecule has 2 N–H and O–H groups in total. The van der Waals surface area contributed by atoms with Crippen molar-refractivity contribution in [3.8, 4) is 0 Å². The Morgan fingerprint density at radius 3 is 3.00 bits per heavy atom. The van der Waals surface area contributed by atoms with Gasteiger partial charge >= 0.3 is 5.97 Å². The molecule has 0 bridgehead atoms. The standard InChI is InChI=1S/C11H18N4O2/c1-3-17-9(16)8-13-10(15-14-8)11(2)6-4-5-7-12-11/h12H,3-7H2,1-2H3,(H,13,14,15). The van der Waals surface area contributed by atoms with Crippen molar-refractivity contribution in [3.05, 3.63) is 11.6 Å². The number of aromatic amines is 1. The first-order valence-electron chi connectivity index (χ1n) is 6.01. The number of aromatic nitrogens is 3. The Balaban J connectivity index is 2.14. The summed E-state index contributed by atoms with van der Waals surface area (Å²) in [6.07, 6.45) is 3.32. The van der Waals surface area contributed by atoms with Gasteiger partial charge in [0.05, 0.1) is 12.1 Å². The van der Waals surface area contributed by atoms with Gasteiger partial charge in [0.15, 0.2) is 0 Å². The van der Waals surface area contributed by atoms with Crippen molar-refractivity contribution < 1.29 is 9.53 Å². The molecule has 94 valence electrons. The lowest BCUT2D eigenvalue weighted by Crippen LogP contribution is -2.44. The van der Waals surface area contributed by atoms with Gasteiger partial charge in [-0.2, -0.15) is 0 Å². The molecule has 0 aromatic carbocycles. The molecule has 1 aromatic rings. The Morgan fingerprint density at radius 1 is 1.53 bits per heavy atom. The van der Waals surface area contributed by atoms with Gasteiger partial charge in [0.25, 0.3) is 5.82 Å². The van der Waals surface area contributed by atoms with E-state index < -0.39 is 5.97 Å². The molecule has 0 aliphatic carbocycles. The molecule has 1 aromatic heterocycles. The van der Waals surface area contributed by atoms with E-state index >= 15 is 0 Å². The SMILES string of the molecule is CCOC(=O)c1n[nH]c(C2(C)CCCCN2)n1. The molecule has 1 aliphatic heterocycles. The molecule has 1 aliphatic rings. The van der Waals surface area contributed by atoms with Crippen molar-refractivity contribution in [2.75, 3.05) is 13.2 Å². The van der Waals surface area contributed by atoms with E-state index in [0.29, 0.717) is 12.4 Å². The zero-order valence-electron chi connectivity index (χ0n) is 10.2. The first-order chi connectivity index (χ1) is 8.15. The van der Waals surface area contributed by atoms with Crippen LogP contribution in [-0.4, -0.2) is 34.3 Å². The molecule has 1 saturated heterocycles. The number of H-pyrrole nitrogens is 1. The third-order valence-electron chi connectivity index (χ3n) is 3.08. The summed E-state index contributed by atoms with van der Waals surface area (Å²) in [5, 5.41) is 10.1. The topological polar surface area (TPSA) is 79.9 Å². The number of nitrogens with zero attached hydrogens (tertiary/aromatic N) is 2. The Hall–Kier alpha value is -1.43. The van der Waals surface area contributed by atoms with Crippen LogP contribution in [-0.2, 0) is 10.3 Å². The lowest BCUT2D eigenvalue weighted by molar-refractivity contribution is 0.0512. The van der Waals surface area contributed by atoms with E-state index in [-0.39, 0.29) is 11.4 Å². The van der Waals surface area contributed by atoms with E-state index in [1.165, 1.54) is 6.42 Å². The first kappa shape index (κ1) is 12.0. The normalized spacial score (nSPS) is 24.6. The fraction of sp³-hybridized carbons (Fsp3) is 0.727. The highest BCUT2D eigenvalue weighted by Gasteiger charge is 2.32. The largest absolute Gasteiger partial charge is 0.460 e. The van der Waals surface area contributed by atoms with Crippen LogP contribution in [0.4, 0.5) is 0 Å². The van der Waals surface area contributed by atoms with Gasteiger partial charge in [0, 0.05) is 0 Å². The van der Waals surface area contributed by atoms with Crippen LogP contribution in [0.1, 0.15) is 49.6 Å². The van der Waals surface area contributed by atoms with Crippen molar-refractivity contribution in [1.29, 1.82) is 0 Å². The number of ether oxygens (including phenoxy) is 1. The molecule has 17 heavy (non-hydrogen) atoms. The molecule has 0 spiro atoms. The molecule has 6 nitrogen and oxygen atoms in total. The summed E-state index contributed by atoms with van der Waals surface area (Å²) in [7, 11) is 0. The van der Waals surface area contributed by atoms with Crippen LogP contribution in [0.2, 0.25) is 0 Å². The number of piperidine rings is 1. The number of rotatable bonds is 3. The zero-order chi connectivity index (χ0) is 12.3. The Kier molecular flexibility index (Phi) is 3.42. The van der Waals surface area contributed by atoms with E-state index in [4.69, 9.17) is 4.74 Å². The molecule has 1 unspecified atom stereocenters. The van der Waals surface area contributed by atoms with Gasteiger partial charge < -0.3 is 10.1 Å². The van der Waals surface area contributed by atoms with Crippen molar-refractivity contribution in [3.63, 3.8) is 0 Å². The summed E-state index contributed by atoms with van der Waals surface area (Å²) in [6.45, 7) is 5.13. The molecular weight excluding hydrogens is 220 g/mol. The number of nitrogens with one attached hydrogen (secondary N) is 2. The highest BCUT2D eigenvalue weighted by molar-refractivity contribution is 5.84. The zero-order valence-corrected chi connectivity index (χ0v) is 10.2. The minimum Gasteiger partial charge on any atom is -0.460 e. The van der Waals surface area contributed by atoms with E-state index in [0.717, 1.165) is 19.4 Å². The monoisotopic (exact) mass is 238 g/mol. The van der Waals surface area contributed by atoms with Crippen molar-refractivity contribution in [1.82, 2.24) is 20.5 Å². The summed E-state index contributed by atoms with van der Waals surface area (Å²) >= 11 is 0. The summed E-state index contributed by atoms with van der Waals surface area (Å²) in [5.41, 5.74) is -0.212. The fourth-order valence-electron chi connectivity index (χ4n) is 2.05. The molecule has 0 saturated carbocycles. The molecule has 1 fully saturated rings. The molecule has 0 amide bonds. The van der Waals surface area contributed by atoms with Gasteiger partial charge in [-0.15, -0.1) is 5.10 Å². The molecule has 1 atom stereocenters. The molecule has 6 heteroatoms. The van der Waals surface area contributed by atoms with Gasteiger partial charge in [-0.25, -0.2) is 9.78 Å². The Morgan fingerprint density at radius 2 is 2.35 bits per heavy atom. The average Bonchev–Trinajstić information content (AvgIpc) is 2.80. The highest BCUT2D eigenvalue weighted by Crippen LogP contribution is 2.26. The van der Waals surface area contributed by atoms with Crippen molar-refractivity contribution >= 4 is 5.97 Å². The van der Waals surface area contributed by atoms with Crippen LogP contribution < -0.4 is 5.32 Å². The Bertz CT molecular complexity index is 396. The van der Waals surface area contributed by atoms with E-state index in [9.17, 15) is 4.79 Å². The van der Waals surface area contributed by atoms with Gasteiger partial charge in [0.2, 0.25) is 0 Å². The van der Waals surface area contributed by atoms with Gasteiger partial charge in [-0.05, 0) is 39.7 Å². The lowest BCUT2D eigenvalue weighted by atomic mass is 9.90. The quantitative estimate of drug-likeness (QED) is 0.767. The van der Waals surface area contributed by atoms with Crippen LogP contribution in [0.25, 0.3) is 0 Å². The van der Waals surface area contributed by atoms with Crippen LogP contribution >= 0.6 is 0 Å². The summed E-state index contributed by atoms with van der Waals surface area (Å²) in [5.74, 6) is 0.338. The maximum absolute atomic E-state index is 11.5. The fourth-order valence-corrected chi connectivity index (χ4v) is 2.05.